The lowest BCUT2D eigenvalue weighted by Crippen LogP contribution is -2.23. The summed E-state index contributed by atoms with van der Waals surface area (Å²) in [6.07, 6.45) is 7.80. The molecule has 0 spiro atoms. The monoisotopic (exact) mass is 284 g/mol. The second kappa shape index (κ2) is 8.44. The quantitative estimate of drug-likeness (QED) is 0.515. The zero-order valence-electron chi connectivity index (χ0n) is 11.7. The molecule has 3 heteroatoms. The van der Waals surface area contributed by atoms with Crippen LogP contribution in [-0.4, -0.2) is 16.8 Å². The van der Waals surface area contributed by atoms with Gasteiger partial charge in [0.15, 0.2) is 0 Å². The Kier molecular flexibility index (Phi) is 7.25. The van der Waals surface area contributed by atoms with E-state index in [0.717, 1.165) is 12.8 Å². The Morgan fingerprint density at radius 1 is 1.05 bits per heavy atom. The number of benzene rings is 1. The number of halogens is 1. The summed E-state index contributed by atoms with van der Waals surface area (Å²) >= 11 is 6.48. The van der Waals surface area contributed by atoms with Crippen molar-refractivity contribution in [3.8, 4) is 5.75 Å². The van der Waals surface area contributed by atoms with E-state index in [4.69, 9.17) is 11.6 Å². The average molecular weight is 285 g/mol. The standard InChI is InChI=1S/C16H25ClO2/c1-2-3-4-5-6-9-12-16(17,13-18)14-10-7-8-11-15(14)19/h7-8,10-11,18-19H,2-6,9,12-13H2,1H3. The predicted octanol–water partition coefficient (Wildman–Crippen LogP) is 4.57. The van der Waals surface area contributed by atoms with Crippen LogP contribution in [0.15, 0.2) is 24.3 Å². The summed E-state index contributed by atoms with van der Waals surface area (Å²) in [7, 11) is 0. The maximum Gasteiger partial charge on any atom is 0.120 e. The highest BCUT2D eigenvalue weighted by Gasteiger charge is 2.30. The number of aliphatic hydroxyl groups excluding tert-OH is 1. The Morgan fingerprint density at radius 3 is 2.32 bits per heavy atom. The molecule has 0 bridgehead atoms. The van der Waals surface area contributed by atoms with Gasteiger partial charge >= 0.3 is 0 Å². The van der Waals surface area contributed by atoms with Gasteiger partial charge in [-0.2, -0.15) is 0 Å². The first-order valence-electron chi connectivity index (χ1n) is 7.22. The molecule has 1 unspecified atom stereocenters. The van der Waals surface area contributed by atoms with Crippen molar-refractivity contribution < 1.29 is 10.2 Å². The summed E-state index contributed by atoms with van der Waals surface area (Å²) in [5.41, 5.74) is 0.632. The molecular weight excluding hydrogens is 260 g/mol. The van der Waals surface area contributed by atoms with Crippen LogP contribution in [0.2, 0.25) is 0 Å². The number of aliphatic hydroxyl groups is 1. The first-order valence-corrected chi connectivity index (χ1v) is 7.60. The lowest BCUT2D eigenvalue weighted by molar-refractivity contribution is 0.231. The third kappa shape index (κ3) is 5.04. The van der Waals surface area contributed by atoms with E-state index in [0.29, 0.717) is 12.0 Å². The summed E-state index contributed by atoms with van der Waals surface area (Å²) in [6, 6.07) is 7.00. The van der Waals surface area contributed by atoms with Crippen LogP contribution in [-0.2, 0) is 4.87 Å². The van der Waals surface area contributed by atoms with Gasteiger partial charge in [-0.05, 0) is 12.5 Å². The molecule has 2 N–H and O–H groups in total. The maximum atomic E-state index is 9.85. The zero-order valence-corrected chi connectivity index (χ0v) is 12.5. The van der Waals surface area contributed by atoms with Gasteiger partial charge in [0.25, 0.3) is 0 Å². The van der Waals surface area contributed by atoms with Crippen molar-refractivity contribution in [1.29, 1.82) is 0 Å². The smallest absolute Gasteiger partial charge is 0.120 e. The molecule has 0 amide bonds. The molecule has 0 aliphatic heterocycles. The van der Waals surface area contributed by atoms with Gasteiger partial charge in [0, 0.05) is 5.56 Å². The van der Waals surface area contributed by atoms with Gasteiger partial charge in [-0.15, -0.1) is 11.6 Å². The van der Waals surface area contributed by atoms with Crippen LogP contribution in [0.1, 0.15) is 57.4 Å². The number of phenolic OH excluding ortho intramolecular Hbond substituents is 1. The first-order chi connectivity index (χ1) is 9.14. The topological polar surface area (TPSA) is 40.5 Å². The highest BCUT2D eigenvalue weighted by molar-refractivity contribution is 6.24. The minimum atomic E-state index is -0.851. The van der Waals surface area contributed by atoms with Crippen molar-refractivity contribution in [3.63, 3.8) is 0 Å². The van der Waals surface area contributed by atoms with Crippen LogP contribution in [0.4, 0.5) is 0 Å². The Bertz CT molecular complexity index is 368. The van der Waals surface area contributed by atoms with Crippen LogP contribution in [0.25, 0.3) is 0 Å². The molecule has 0 saturated heterocycles. The van der Waals surface area contributed by atoms with Gasteiger partial charge < -0.3 is 10.2 Å². The molecule has 1 aromatic carbocycles. The van der Waals surface area contributed by atoms with Crippen LogP contribution >= 0.6 is 11.6 Å². The highest BCUT2D eigenvalue weighted by atomic mass is 35.5. The van der Waals surface area contributed by atoms with Crippen LogP contribution in [0.5, 0.6) is 5.75 Å². The zero-order chi connectivity index (χ0) is 14.1. The van der Waals surface area contributed by atoms with E-state index in [2.05, 4.69) is 6.92 Å². The Hall–Kier alpha value is -0.730. The van der Waals surface area contributed by atoms with E-state index in [9.17, 15) is 10.2 Å². The molecule has 0 aliphatic rings. The minimum Gasteiger partial charge on any atom is -0.508 e. The Balaban J connectivity index is 2.49. The van der Waals surface area contributed by atoms with Gasteiger partial charge in [-0.3, -0.25) is 0 Å². The molecule has 0 saturated carbocycles. The van der Waals surface area contributed by atoms with Crippen LogP contribution in [0.3, 0.4) is 0 Å². The number of alkyl halides is 1. The van der Waals surface area contributed by atoms with Gasteiger partial charge in [0.1, 0.15) is 5.75 Å². The molecule has 2 nitrogen and oxygen atoms in total. The van der Waals surface area contributed by atoms with Gasteiger partial charge in [-0.25, -0.2) is 0 Å². The van der Waals surface area contributed by atoms with Crippen molar-refractivity contribution >= 4 is 11.6 Å². The Morgan fingerprint density at radius 2 is 1.68 bits per heavy atom. The molecule has 0 fully saturated rings. The molecule has 1 atom stereocenters. The molecule has 19 heavy (non-hydrogen) atoms. The van der Waals surface area contributed by atoms with Crippen molar-refractivity contribution in [1.82, 2.24) is 0 Å². The largest absolute Gasteiger partial charge is 0.508 e. The number of aromatic hydroxyl groups is 1. The summed E-state index contributed by atoms with van der Waals surface area (Å²) in [5, 5.41) is 19.4. The van der Waals surface area contributed by atoms with E-state index < -0.39 is 4.87 Å². The van der Waals surface area contributed by atoms with E-state index in [-0.39, 0.29) is 12.4 Å². The lowest BCUT2D eigenvalue weighted by Gasteiger charge is -2.26. The SMILES string of the molecule is CCCCCCCCC(Cl)(CO)c1ccccc1O. The normalized spacial score (nSPS) is 14.3. The third-order valence-corrected chi connectivity index (χ3v) is 4.08. The first kappa shape index (κ1) is 16.3. The number of hydrogen-bond donors (Lipinski definition) is 2. The second-order valence-corrected chi connectivity index (χ2v) is 5.88. The minimum absolute atomic E-state index is 0.152. The molecular formula is C16H25ClO2. The van der Waals surface area contributed by atoms with E-state index in [1.807, 2.05) is 6.07 Å². The van der Waals surface area contributed by atoms with Crippen molar-refractivity contribution in [2.45, 2.75) is 56.7 Å². The van der Waals surface area contributed by atoms with Crippen molar-refractivity contribution in [2.75, 3.05) is 6.61 Å². The predicted molar refractivity (Wildman–Crippen MR) is 80.7 cm³/mol. The summed E-state index contributed by atoms with van der Waals surface area (Å²) in [6.45, 7) is 2.05. The molecule has 1 rings (SSSR count). The molecule has 0 heterocycles. The van der Waals surface area contributed by atoms with E-state index in [1.165, 1.54) is 25.7 Å². The molecule has 108 valence electrons. The second-order valence-electron chi connectivity index (χ2n) is 5.16. The number of rotatable bonds is 9. The maximum absolute atomic E-state index is 9.85. The Labute approximate surface area is 121 Å². The van der Waals surface area contributed by atoms with E-state index >= 15 is 0 Å². The number of unbranched alkanes of at least 4 members (excludes halogenated alkanes) is 5. The van der Waals surface area contributed by atoms with Crippen molar-refractivity contribution in [2.24, 2.45) is 0 Å². The number of phenols is 1. The lowest BCUT2D eigenvalue weighted by atomic mass is 9.92. The van der Waals surface area contributed by atoms with Gasteiger partial charge in [-0.1, -0.05) is 63.6 Å². The molecule has 0 radical (unpaired) electrons. The average Bonchev–Trinajstić information content (AvgIpc) is 2.43. The molecule has 1 aromatic rings. The van der Waals surface area contributed by atoms with E-state index in [1.54, 1.807) is 18.2 Å². The number of hydrogen-bond acceptors (Lipinski definition) is 2. The highest BCUT2D eigenvalue weighted by Crippen LogP contribution is 2.39. The van der Waals surface area contributed by atoms with Crippen molar-refractivity contribution in [3.05, 3.63) is 29.8 Å². The van der Waals surface area contributed by atoms with Gasteiger partial charge in [0.05, 0.1) is 11.5 Å². The van der Waals surface area contributed by atoms with Crippen LogP contribution in [0, 0.1) is 0 Å². The third-order valence-electron chi connectivity index (χ3n) is 3.56. The van der Waals surface area contributed by atoms with Gasteiger partial charge in [0.2, 0.25) is 0 Å². The fraction of sp³-hybridized carbons (Fsp3) is 0.625. The fourth-order valence-corrected chi connectivity index (χ4v) is 2.63. The number of para-hydroxylation sites is 1. The summed E-state index contributed by atoms with van der Waals surface area (Å²) in [4.78, 5) is -0.851. The molecule has 0 aliphatic carbocycles. The van der Waals surface area contributed by atoms with Crippen LogP contribution < -0.4 is 0 Å². The fourth-order valence-electron chi connectivity index (χ4n) is 2.34. The molecule has 0 aromatic heterocycles. The summed E-state index contributed by atoms with van der Waals surface area (Å²) < 4.78 is 0. The summed E-state index contributed by atoms with van der Waals surface area (Å²) in [5.74, 6) is 0.164.